The van der Waals surface area contributed by atoms with Gasteiger partial charge < -0.3 is 15.6 Å². The van der Waals surface area contributed by atoms with Crippen LogP contribution in [0.3, 0.4) is 0 Å². The Kier molecular flexibility index (Phi) is 3.52. The van der Waals surface area contributed by atoms with E-state index in [-0.39, 0.29) is 5.91 Å². The number of H-pyrrole nitrogens is 1. The molecule has 3 N–H and O–H groups in total. The Hall–Kier alpha value is -1.29. The maximum Gasteiger partial charge on any atom is 0.270 e. The molecule has 1 aromatic rings. The van der Waals surface area contributed by atoms with Gasteiger partial charge in [0.25, 0.3) is 5.91 Å². The van der Waals surface area contributed by atoms with E-state index in [2.05, 4.69) is 4.98 Å². The molecule has 1 heterocycles. The number of nitrogens with zero attached hydrogens (tertiary/aromatic N) is 1. The van der Waals surface area contributed by atoms with Crippen molar-refractivity contribution in [2.24, 2.45) is 5.73 Å². The molecule has 4 heteroatoms. The lowest BCUT2D eigenvalue weighted by molar-refractivity contribution is 0.0789. The van der Waals surface area contributed by atoms with Crippen LogP contribution in [0.25, 0.3) is 0 Å². The molecule has 1 aromatic heterocycles. The molecule has 1 rings (SSSR count). The van der Waals surface area contributed by atoms with Crippen molar-refractivity contribution in [3.05, 3.63) is 24.0 Å². The lowest BCUT2D eigenvalue weighted by atomic mass is 10.3. The fourth-order valence-corrected chi connectivity index (χ4v) is 1.10. The zero-order valence-electron chi connectivity index (χ0n) is 7.79. The standard InChI is InChI=1S/C9H15N3O/c1-12(7-3-5-10)9(13)8-4-2-6-11-8/h2,4,6,11H,3,5,7,10H2,1H3. The summed E-state index contributed by atoms with van der Waals surface area (Å²) < 4.78 is 0. The first-order valence-electron chi connectivity index (χ1n) is 4.34. The fraction of sp³-hybridized carbons (Fsp3) is 0.444. The molecule has 0 saturated carbocycles. The molecule has 0 radical (unpaired) electrons. The van der Waals surface area contributed by atoms with Gasteiger partial charge in [-0.1, -0.05) is 0 Å². The van der Waals surface area contributed by atoms with E-state index in [1.165, 1.54) is 0 Å². The Labute approximate surface area is 77.7 Å². The molecule has 0 spiro atoms. The number of hydrogen-bond donors (Lipinski definition) is 2. The van der Waals surface area contributed by atoms with E-state index in [1.807, 2.05) is 6.07 Å². The van der Waals surface area contributed by atoms with Gasteiger partial charge in [-0.3, -0.25) is 4.79 Å². The maximum atomic E-state index is 11.6. The van der Waals surface area contributed by atoms with Crippen molar-refractivity contribution < 1.29 is 4.79 Å². The van der Waals surface area contributed by atoms with Crippen LogP contribution in [0.4, 0.5) is 0 Å². The molecule has 1 amide bonds. The molecule has 0 unspecified atom stereocenters. The highest BCUT2D eigenvalue weighted by molar-refractivity contribution is 5.92. The zero-order chi connectivity index (χ0) is 9.68. The van der Waals surface area contributed by atoms with Gasteiger partial charge in [0.15, 0.2) is 0 Å². The lowest BCUT2D eigenvalue weighted by Crippen LogP contribution is -2.29. The normalized spacial score (nSPS) is 10.0. The van der Waals surface area contributed by atoms with Gasteiger partial charge in [0.1, 0.15) is 5.69 Å². The van der Waals surface area contributed by atoms with Gasteiger partial charge >= 0.3 is 0 Å². The number of rotatable bonds is 4. The molecular weight excluding hydrogens is 166 g/mol. The van der Waals surface area contributed by atoms with Crippen molar-refractivity contribution in [3.8, 4) is 0 Å². The van der Waals surface area contributed by atoms with Crippen LogP contribution in [0.1, 0.15) is 16.9 Å². The minimum absolute atomic E-state index is 0.0125. The van der Waals surface area contributed by atoms with Crippen LogP contribution < -0.4 is 5.73 Å². The van der Waals surface area contributed by atoms with E-state index < -0.39 is 0 Å². The topological polar surface area (TPSA) is 62.1 Å². The molecule has 0 aliphatic heterocycles. The number of nitrogens with one attached hydrogen (secondary N) is 1. The van der Waals surface area contributed by atoms with Gasteiger partial charge in [0.2, 0.25) is 0 Å². The Morgan fingerprint density at radius 1 is 1.69 bits per heavy atom. The molecule has 4 nitrogen and oxygen atoms in total. The smallest absolute Gasteiger partial charge is 0.270 e. The molecule has 0 bridgehead atoms. The first-order chi connectivity index (χ1) is 6.25. The molecule has 0 fully saturated rings. The third-order valence-electron chi connectivity index (χ3n) is 1.87. The molecule has 0 aliphatic rings. The highest BCUT2D eigenvalue weighted by atomic mass is 16.2. The lowest BCUT2D eigenvalue weighted by Gasteiger charge is -2.15. The van der Waals surface area contributed by atoms with Crippen LogP contribution in [-0.4, -0.2) is 35.9 Å². The second-order valence-corrected chi connectivity index (χ2v) is 2.95. The van der Waals surface area contributed by atoms with E-state index >= 15 is 0 Å². The predicted octanol–water partition coefficient (Wildman–Crippen LogP) is 0.435. The van der Waals surface area contributed by atoms with E-state index in [9.17, 15) is 4.79 Å². The Morgan fingerprint density at radius 3 is 3.00 bits per heavy atom. The molecule has 13 heavy (non-hydrogen) atoms. The number of amides is 1. The van der Waals surface area contributed by atoms with Crippen LogP contribution in [0.2, 0.25) is 0 Å². The van der Waals surface area contributed by atoms with Gasteiger partial charge in [-0.25, -0.2) is 0 Å². The fourth-order valence-electron chi connectivity index (χ4n) is 1.10. The summed E-state index contributed by atoms with van der Waals surface area (Å²) in [4.78, 5) is 16.1. The van der Waals surface area contributed by atoms with Crippen molar-refractivity contribution in [1.82, 2.24) is 9.88 Å². The first kappa shape index (κ1) is 9.80. The second kappa shape index (κ2) is 4.67. The Bertz CT molecular complexity index is 256. The van der Waals surface area contributed by atoms with Crippen LogP contribution in [0.15, 0.2) is 18.3 Å². The van der Waals surface area contributed by atoms with Crippen LogP contribution >= 0.6 is 0 Å². The highest BCUT2D eigenvalue weighted by Crippen LogP contribution is 2.00. The van der Waals surface area contributed by atoms with E-state index in [0.717, 1.165) is 6.42 Å². The quantitative estimate of drug-likeness (QED) is 0.707. The average Bonchev–Trinajstić information content (AvgIpc) is 2.65. The predicted molar refractivity (Wildman–Crippen MR) is 51.4 cm³/mol. The molecule has 0 atom stereocenters. The van der Waals surface area contributed by atoms with Crippen molar-refractivity contribution in [2.75, 3.05) is 20.1 Å². The highest BCUT2D eigenvalue weighted by Gasteiger charge is 2.10. The van der Waals surface area contributed by atoms with Gasteiger partial charge in [-0.2, -0.15) is 0 Å². The summed E-state index contributed by atoms with van der Waals surface area (Å²) >= 11 is 0. The molecular formula is C9H15N3O. The Morgan fingerprint density at radius 2 is 2.46 bits per heavy atom. The van der Waals surface area contributed by atoms with E-state index in [1.54, 1.807) is 24.2 Å². The Balaban J connectivity index is 2.48. The first-order valence-corrected chi connectivity index (χ1v) is 4.34. The summed E-state index contributed by atoms with van der Waals surface area (Å²) in [6.07, 6.45) is 2.58. The number of carbonyl (C=O) groups excluding carboxylic acids is 1. The summed E-state index contributed by atoms with van der Waals surface area (Å²) in [5.41, 5.74) is 5.97. The van der Waals surface area contributed by atoms with Crippen molar-refractivity contribution in [3.63, 3.8) is 0 Å². The summed E-state index contributed by atoms with van der Waals surface area (Å²) in [5, 5.41) is 0. The number of aromatic amines is 1. The largest absolute Gasteiger partial charge is 0.357 e. The minimum Gasteiger partial charge on any atom is -0.357 e. The van der Waals surface area contributed by atoms with Crippen LogP contribution in [0, 0.1) is 0 Å². The third kappa shape index (κ3) is 2.59. The van der Waals surface area contributed by atoms with Gasteiger partial charge in [0.05, 0.1) is 0 Å². The molecule has 0 aliphatic carbocycles. The van der Waals surface area contributed by atoms with Gasteiger partial charge in [-0.15, -0.1) is 0 Å². The summed E-state index contributed by atoms with van der Waals surface area (Å²) in [7, 11) is 1.78. The van der Waals surface area contributed by atoms with Crippen LogP contribution in [0.5, 0.6) is 0 Å². The zero-order valence-corrected chi connectivity index (χ0v) is 7.79. The van der Waals surface area contributed by atoms with Crippen molar-refractivity contribution in [2.45, 2.75) is 6.42 Å². The van der Waals surface area contributed by atoms with Gasteiger partial charge in [0, 0.05) is 19.8 Å². The third-order valence-corrected chi connectivity index (χ3v) is 1.87. The number of nitrogens with two attached hydrogens (primary N) is 1. The summed E-state index contributed by atoms with van der Waals surface area (Å²) in [5.74, 6) is 0.0125. The van der Waals surface area contributed by atoms with Crippen molar-refractivity contribution >= 4 is 5.91 Å². The second-order valence-electron chi connectivity index (χ2n) is 2.95. The molecule has 0 saturated heterocycles. The van der Waals surface area contributed by atoms with E-state index in [0.29, 0.717) is 18.8 Å². The average molecular weight is 181 g/mol. The monoisotopic (exact) mass is 181 g/mol. The van der Waals surface area contributed by atoms with Gasteiger partial charge in [-0.05, 0) is 25.1 Å². The molecule has 0 aromatic carbocycles. The number of carbonyl (C=O) groups is 1. The minimum atomic E-state index is 0.0125. The number of aromatic nitrogens is 1. The summed E-state index contributed by atoms with van der Waals surface area (Å²) in [6, 6.07) is 3.57. The van der Waals surface area contributed by atoms with E-state index in [4.69, 9.17) is 5.73 Å². The maximum absolute atomic E-state index is 11.6. The SMILES string of the molecule is CN(CCCN)C(=O)c1ccc[nH]1. The van der Waals surface area contributed by atoms with Crippen LogP contribution in [-0.2, 0) is 0 Å². The number of hydrogen-bond acceptors (Lipinski definition) is 2. The van der Waals surface area contributed by atoms with Crippen molar-refractivity contribution in [1.29, 1.82) is 0 Å². The molecule has 72 valence electrons. The summed E-state index contributed by atoms with van der Waals surface area (Å²) in [6.45, 7) is 1.32.